The molecule has 2 amide bonds. The van der Waals surface area contributed by atoms with E-state index in [-0.39, 0.29) is 11.9 Å². The van der Waals surface area contributed by atoms with Crippen molar-refractivity contribution < 1.29 is 23.9 Å². The molecule has 0 heterocycles. The smallest absolute Gasteiger partial charge is 0.408 e. The van der Waals surface area contributed by atoms with Crippen LogP contribution in [0.3, 0.4) is 0 Å². The minimum atomic E-state index is -0.795. The lowest BCUT2D eigenvalue weighted by molar-refractivity contribution is -0.140. The van der Waals surface area contributed by atoms with Crippen LogP contribution in [0.25, 0.3) is 0 Å². The van der Waals surface area contributed by atoms with Gasteiger partial charge in [0.25, 0.3) is 0 Å². The highest BCUT2D eigenvalue weighted by molar-refractivity contribution is 5.86. The van der Waals surface area contributed by atoms with Crippen molar-refractivity contribution in [1.82, 2.24) is 10.6 Å². The zero-order valence-electron chi connectivity index (χ0n) is 20.1. The third-order valence-corrected chi connectivity index (χ3v) is 4.89. The Morgan fingerprint density at radius 3 is 2.00 bits per heavy atom. The van der Waals surface area contributed by atoms with Crippen LogP contribution in [0.1, 0.15) is 90.2 Å². The Bertz CT molecular complexity index is 685. The first-order valence-electron chi connectivity index (χ1n) is 11.6. The summed E-state index contributed by atoms with van der Waals surface area (Å²) in [4.78, 5) is 36.0. The number of carbonyl (C=O) groups is 3. The predicted molar refractivity (Wildman–Crippen MR) is 125 cm³/mol. The number of rotatable bonds is 14. The van der Waals surface area contributed by atoms with Crippen molar-refractivity contribution in [3.63, 3.8) is 0 Å². The topological polar surface area (TPSA) is 93.7 Å². The number of alkyl carbamates (subject to hydrolysis) is 1. The number of benzene rings is 1. The van der Waals surface area contributed by atoms with Crippen LogP contribution in [-0.2, 0) is 19.1 Å². The number of carbonyl (C=O) groups excluding carboxylic acids is 3. The molecule has 0 bridgehead atoms. The molecule has 7 nitrogen and oxygen atoms in total. The second-order valence-electron chi connectivity index (χ2n) is 8.94. The van der Waals surface area contributed by atoms with Crippen LogP contribution < -0.4 is 10.6 Å². The van der Waals surface area contributed by atoms with Crippen LogP contribution >= 0.6 is 0 Å². The van der Waals surface area contributed by atoms with Crippen LogP contribution in [0.4, 0.5) is 4.79 Å². The normalized spacial score (nSPS) is 12.0. The fraction of sp³-hybridized carbons (Fsp3) is 0.640. The molecule has 7 heteroatoms. The minimum absolute atomic E-state index is 0.136. The maximum Gasteiger partial charge on any atom is 0.408 e. The van der Waals surface area contributed by atoms with E-state index in [0.717, 1.165) is 51.4 Å². The highest BCUT2D eigenvalue weighted by Crippen LogP contribution is 2.15. The van der Waals surface area contributed by atoms with Gasteiger partial charge in [-0.2, -0.15) is 0 Å². The molecule has 1 atom stereocenters. The third kappa shape index (κ3) is 13.0. The molecular formula is C25H40N2O5. The Labute approximate surface area is 192 Å². The summed E-state index contributed by atoms with van der Waals surface area (Å²) in [5.41, 5.74) is 0.0754. The molecular weight excluding hydrogens is 408 g/mol. The van der Waals surface area contributed by atoms with Gasteiger partial charge in [-0.1, -0.05) is 68.9 Å². The molecule has 2 N–H and O–H groups in total. The second kappa shape index (κ2) is 15.3. The van der Waals surface area contributed by atoms with E-state index in [1.54, 1.807) is 20.8 Å². The summed E-state index contributed by atoms with van der Waals surface area (Å²) in [5, 5.41) is 5.62. The van der Waals surface area contributed by atoms with Gasteiger partial charge in [-0.3, -0.25) is 9.59 Å². The molecule has 0 aliphatic heterocycles. The van der Waals surface area contributed by atoms with E-state index >= 15 is 0 Å². The van der Waals surface area contributed by atoms with E-state index in [2.05, 4.69) is 15.4 Å². The number of hydrogen-bond acceptors (Lipinski definition) is 5. The second-order valence-corrected chi connectivity index (χ2v) is 8.94. The summed E-state index contributed by atoms with van der Waals surface area (Å²) < 4.78 is 9.94. The highest BCUT2D eigenvalue weighted by Gasteiger charge is 2.25. The standard InChI is InChI=1S/C25H40N2O5/c1-25(2,3)32-24(30)27-22(20-16-12-11-13-17-20)23(29)26-19-15-10-8-6-5-7-9-14-18-21(28)31-4/h11-13,16-17,22H,5-10,14-15,18-19H2,1-4H3,(H,26,29)(H,27,30)/t22-/m1/s1. The first kappa shape index (κ1) is 27.5. The van der Waals surface area contributed by atoms with E-state index in [0.29, 0.717) is 18.5 Å². The number of esters is 1. The molecule has 0 aromatic heterocycles. The molecule has 0 fully saturated rings. The minimum Gasteiger partial charge on any atom is -0.469 e. The number of hydrogen-bond donors (Lipinski definition) is 2. The Hall–Kier alpha value is -2.57. The van der Waals surface area contributed by atoms with Gasteiger partial charge in [-0.15, -0.1) is 0 Å². The molecule has 0 aliphatic carbocycles. The van der Waals surface area contributed by atoms with Crippen LogP contribution in [0.5, 0.6) is 0 Å². The van der Waals surface area contributed by atoms with Crippen LogP contribution in [0.15, 0.2) is 30.3 Å². The molecule has 0 aliphatic rings. The molecule has 0 saturated heterocycles. The number of unbranched alkanes of at least 4 members (excludes halogenated alkanes) is 7. The molecule has 0 spiro atoms. The maximum atomic E-state index is 12.7. The lowest BCUT2D eigenvalue weighted by atomic mass is 10.1. The average Bonchev–Trinajstić information content (AvgIpc) is 2.74. The van der Waals surface area contributed by atoms with Crippen molar-refractivity contribution in [3.05, 3.63) is 35.9 Å². The average molecular weight is 449 g/mol. The van der Waals surface area contributed by atoms with Crippen molar-refractivity contribution in [2.24, 2.45) is 0 Å². The molecule has 1 rings (SSSR count). The predicted octanol–water partition coefficient (Wildman–Crippen LogP) is 5.05. The molecule has 1 aromatic rings. The van der Waals surface area contributed by atoms with Crippen LogP contribution in [0.2, 0.25) is 0 Å². The fourth-order valence-electron chi connectivity index (χ4n) is 3.24. The van der Waals surface area contributed by atoms with E-state index < -0.39 is 17.7 Å². The molecule has 0 radical (unpaired) electrons. The summed E-state index contributed by atoms with van der Waals surface area (Å²) in [6.07, 6.45) is 8.31. The lowest BCUT2D eigenvalue weighted by Crippen LogP contribution is -2.42. The fourth-order valence-corrected chi connectivity index (χ4v) is 3.24. The molecule has 32 heavy (non-hydrogen) atoms. The Morgan fingerprint density at radius 1 is 0.875 bits per heavy atom. The van der Waals surface area contributed by atoms with Gasteiger partial charge in [-0.25, -0.2) is 4.79 Å². The van der Waals surface area contributed by atoms with Gasteiger partial charge in [0, 0.05) is 13.0 Å². The first-order valence-corrected chi connectivity index (χ1v) is 11.6. The van der Waals surface area contributed by atoms with E-state index in [1.165, 1.54) is 7.11 Å². The van der Waals surface area contributed by atoms with E-state index in [4.69, 9.17) is 4.74 Å². The SMILES string of the molecule is COC(=O)CCCCCCCCCCNC(=O)[C@H](NC(=O)OC(C)(C)C)c1ccccc1. The zero-order valence-corrected chi connectivity index (χ0v) is 20.1. The van der Waals surface area contributed by atoms with Gasteiger partial charge in [0.15, 0.2) is 0 Å². The Morgan fingerprint density at radius 2 is 1.44 bits per heavy atom. The number of methoxy groups -OCH3 is 1. The summed E-state index contributed by atoms with van der Waals surface area (Å²) in [6, 6.07) is 8.37. The van der Waals surface area contributed by atoms with Gasteiger partial charge in [0.1, 0.15) is 11.6 Å². The van der Waals surface area contributed by atoms with E-state index in [9.17, 15) is 14.4 Å². The van der Waals surface area contributed by atoms with Crippen molar-refractivity contribution in [3.8, 4) is 0 Å². The summed E-state index contributed by atoms with van der Waals surface area (Å²) >= 11 is 0. The maximum absolute atomic E-state index is 12.7. The molecule has 1 aromatic carbocycles. The van der Waals surface area contributed by atoms with Crippen LogP contribution in [0, 0.1) is 0 Å². The number of ether oxygens (including phenoxy) is 2. The third-order valence-electron chi connectivity index (χ3n) is 4.89. The number of amides is 2. The lowest BCUT2D eigenvalue weighted by Gasteiger charge is -2.23. The number of nitrogens with one attached hydrogen (secondary N) is 2. The quantitative estimate of drug-likeness (QED) is 0.307. The van der Waals surface area contributed by atoms with Gasteiger partial charge < -0.3 is 20.1 Å². The molecule has 0 unspecified atom stereocenters. The van der Waals surface area contributed by atoms with Gasteiger partial charge >= 0.3 is 12.1 Å². The molecule has 180 valence electrons. The Balaban J connectivity index is 2.28. The van der Waals surface area contributed by atoms with Gasteiger partial charge in [0.05, 0.1) is 7.11 Å². The molecule has 0 saturated carbocycles. The Kier molecular flexibility index (Phi) is 13.1. The van der Waals surface area contributed by atoms with Gasteiger partial charge in [0.2, 0.25) is 5.91 Å². The van der Waals surface area contributed by atoms with Crippen molar-refractivity contribution in [2.75, 3.05) is 13.7 Å². The van der Waals surface area contributed by atoms with E-state index in [1.807, 2.05) is 30.3 Å². The highest BCUT2D eigenvalue weighted by atomic mass is 16.6. The van der Waals surface area contributed by atoms with Gasteiger partial charge in [-0.05, 0) is 39.2 Å². The van der Waals surface area contributed by atoms with Crippen molar-refractivity contribution >= 4 is 18.0 Å². The summed E-state index contributed by atoms with van der Waals surface area (Å²) in [7, 11) is 1.42. The monoisotopic (exact) mass is 448 g/mol. The van der Waals surface area contributed by atoms with Crippen LogP contribution in [-0.4, -0.2) is 37.2 Å². The van der Waals surface area contributed by atoms with Crippen molar-refractivity contribution in [1.29, 1.82) is 0 Å². The first-order chi connectivity index (χ1) is 15.2. The summed E-state index contributed by atoms with van der Waals surface area (Å²) in [5.74, 6) is -0.379. The van der Waals surface area contributed by atoms with Crippen molar-refractivity contribution in [2.45, 2.75) is 90.2 Å². The summed E-state index contributed by atoms with van der Waals surface area (Å²) in [6.45, 7) is 5.92. The zero-order chi connectivity index (χ0) is 23.8. The largest absolute Gasteiger partial charge is 0.469 e.